The van der Waals surface area contributed by atoms with Crippen LogP contribution in [0.3, 0.4) is 0 Å². The summed E-state index contributed by atoms with van der Waals surface area (Å²) in [5.74, 6) is 5.82. The molecule has 5 nitrogen and oxygen atoms in total. The highest BCUT2D eigenvalue weighted by Gasteiger charge is 2.01. The van der Waals surface area contributed by atoms with E-state index >= 15 is 0 Å². The minimum atomic E-state index is -0.216. The zero-order valence-electron chi connectivity index (χ0n) is 9.01. The van der Waals surface area contributed by atoms with Gasteiger partial charge in [-0.05, 0) is 12.1 Å². The Balaban J connectivity index is 2.07. The highest BCUT2D eigenvalue weighted by Crippen LogP contribution is 2.15. The van der Waals surface area contributed by atoms with Crippen LogP contribution in [0.5, 0.6) is 0 Å². The Hall–Kier alpha value is -1.84. The predicted molar refractivity (Wildman–Crippen MR) is 64.8 cm³/mol. The van der Waals surface area contributed by atoms with Gasteiger partial charge in [0.2, 0.25) is 0 Å². The lowest BCUT2D eigenvalue weighted by atomic mass is 10.4. The zero-order valence-corrected chi connectivity index (χ0v) is 9.83. The van der Waals surface area contributed by atoms with Crippen LogP contribution in [0, 0.1) is 11.8 Å². The van der Waals surface area contributed by atoms with Crippen molar-refractivity contribution in [3.05, 3.63) is 38.7 Å². The fourth-order valence-electron chi connectivity index (χ4n) is 1.29. The van der Waals surface area contributed by atoms with Crippen molar-refractivity contribution >= 4 is 11.3 Å². The second-order valence-electron chi connectivity index (χ2n) is 3.33. The summed E-state index contributed by atoms with van der Waals surface area (Å²) in [7, 11) is 0. The highest BCUT2D eigenvalue weighted by molar-refractivity contribution is 7.12. The molecule has 0 unspecified atom stereocenters. The Bertz CT molecular complexity index is 600. The monoisotopic (exact) mass is 249 g/mol. The third-order valence-corrected chi connectivity index (χ3v) is 3.04. The second-order valence-corrected chi connectivity index (χ2v) is 4.50. The first-order chi connectivity index (χ1) is 8.29. The number of hydrogen-bond acceptors (Lipinski definition) is 4. The van der Waals surface area contributed by atoms with Gasteiger partial charge in [0.05, 0.1) is 18.0 Å². The molecule has 88 valence electrons. The van der Waals surface area contributed by atoms with Crippen LogP contribution >= 0.6 is 11.3 Å². The van der Waals surface area contributed by atoms with Crippen molar-refractivity contribution in [2.24, 2.45) is 0 Å². The first-order valence-corrected chi connectivity index (χ1v) is 5.89. The van der Waals surface area contributed by atoms with Crippen LogP contribution in [-0.2, 0) is 6.54 Å². The van der Waals surface area contributed by atoms with Gasteiger partial charge in [-0.15, -0.1) is 11.3 Å². The van der Waals surface area contributed by atoms with Crippen LogP contribution in [0.15, 0.2) is 23.3 Å². The quantitative estimate of drug-likeness (QED) is 0.774. The van der Waals surface area contributed by atoms with Crippen LogP contribution in [0.1, 0.15) is 16.2 Å². The van der Waals surface area contributed by atoms with E-state index in [1.165, 1.54) is 22.2 Å². The molecule has 2 aromatic heterocycles. The van der Waals surface area contributed by atoms with Gasteiger partial charge in [0.25, 0.3) is 0 Å². The molecule has 0 aliphatic heterocycles. The molecule has 2 N–H and O–H groups in total. The van der Waals surface area contributed by atoms with Crippen molar-refractivity contribution in [2.75, 3.05) is 6.61 Å². The van der Waals surface area contributed by atoms with Crippen LogP contribution in [0.25, 0.3) is 0 Å². The first kappa shape index (κ1) is 11.6. The lowest BCUT2D eigenvalue weighted by Gasteiger charge is -1.94. The van der Waals surface area contributed by atoms with Crippen molar-refractivity contribution in [1.29, 1.82) is 0 Å². The molecule has 0 aliphatic carbocycles. The van der Waals surface area contributed by atoms with Crippen molar-refractivity contribution in [1.82, 2.24) is 14.8 Å². The molecular weight excluding hydrogens is 238 g/mol. The molecule has 17 heavy (non-hydrogen) atoms. The molecule has 6 heteroatoms. The number of hydrogen-bond donors (Lipinski definition) is 2. The van der Waals surface area contributed by atoms with E-state index in [1.807, 2.05) is 12.1 Å². The molecule has 0 amide bonds. The molecule has 0 atom stereocenters. The van der Waals surface area contributed by atoms with E-state index in [0.717, 1.165) is 9.75 Å². The van der Waals surface area contributed by atoms with Crippen molar-refractivity contribution in [3.8, 4) is 11.8 Å². The maximum Gasteiger partial charge on any atom is 0.343 e. The SMILES string of the molecule is O=c1[nH]ncn1Cc1ccc(C#CCCO)s1. The van der Waals surface area contributed by atoms with Crippen LogP contribution < -0.4 is 5.69 Å². The Labute approximate surface area is 102 Å². The highest BCUT2D eigenvalue weighted by atomic mass is 32.1. The molecular formula is C11H11N3O2S. The summed E-state index contributed by atoms with van der Waals surface area (Å²) < 4.78 is 1.50. The lowest BCUT2D eigenvalue weighted by Crippen LogP contribution is -2.16. The summed E-state index contributed by atoms with van der Waals surface area (Å²) in [6.07, 6.45) is 1.95. The van der Waals surface area contributed by atoms with Gasteiger partial charge in [-0.2, -0.15) is 5.10 Å². The number of rotatable bonds is 3. The molecule has 0 spiro atoms. The topological polar surface area (TPSA) is 70.9 Å². The average Bonchev–Trinajstić information content (AvgIpc) is 2.91. The number of nitrogens with one attached hydrogen (secondary N) is 1. The van der Waals surface area contributed by atoms with Crippen molar-refractivity contribution in [3.63, 3.8) is 0 Å². The number of aromatic amines is 1. The third kappa shape index (κ3) is 3.06. The van der Waals surface area contributed by atoms with Gasteiger partial charge >= 0.3 is 5.69 Å². The fourth-order valence-corrected chi connectivity index (χ4v) is 2.17. The summed E-state index contributed by atoms with van der Waals surface area (Å²) in [4.78, 5) is 13.2. The molecule has 0 radical (unpaired) electrons. The van der Waals surface area contributed by atoms with Gasteiger partial charge in [0, 0.05) is 11.3 Å². The lowest BCUT2D eigenvalue weighted by molar-refractivity contribution is 0.305. The molecule has 0 aliphatic rings. The molecule has 0 aromatic carbocycles. The molecule has 2 heterocycles. The predicted octanol–water partition coefficient (Wildman–Crippen LogP) is 0.415. The Morgan fingerprint density at radius 3 is 3.12 bits per heavy atom. The maximum absolute atomic E-state index is 11.2. The van der Waals surface area contributed by atoms with E-state index in [9.17, 15) is 4.79 Å². The Kier molecular flexibility index (Phi) is 3.75. The van der Waals surface area contributed by atoms with Gasteiger partial charge in [0.1, 0.15) is 6.33 Å². The van der Waals surface area contributed by atoms with E-state index in [-0.39, 0.29) is 12.3 Å². The van der Waals surface area contributed by atoms with E-state index in [4.69, 9.17) is 5.11 Å². The van der Waals surface area contributed by atoms with Gasteiger partial charge in [-0.1, -0.05) is 11.8 Å². The van der Waals surface area contributed by atoms with Crippen LogP contribution in [0.2, 0.25) is 0 Å². The number of nitrogens with zero attached hydrogens (tertiary/aromatic N) is 2. The summed E-state index contributed by atoms with van der Waals surface area (Å²) in [5, 5.41) is 14.6. The number of aromatic nitrogens is 3. The number of H-pyrrole nitrogens is 1. The second kappa shape index (κ2) is 5.48. The van der Waals surface area contributed by atoms with Crippen LogP contribution in [0.4, 0.5) is 0 Å². The average molecular weight is 249 g/mol. The van der Waals surface area contributed by atoms with Gasteiger partial charge in [-0.25, -0.2) is 9.89 Å². The summed E-state index contributed by atoms with van der Waals surface area (Å²) in [6, 6.07) is 3.85. The Morgan fingerprint density at radius 1 is 1.53 bits per heavy atom. The third-order valence-electron chi connectivity index (χ3n) is 2.05. The summed E-state index contributed by atoms with van der Waals surface area (Å²) in [5.41, 5.74) is -0.216. The number of thiophene rings is 1. The smallest absolute Gasteiger partial charge is 0.343 e. The molecule has 2 rings (SSSR count). The van der Waals surface area contributed by atoms with E-state index in [0.29, 0.717) is 13.0 Å². The fraction of sp³-hybridized carbons (Fsp3) is 0.273. The minimum absolute atomic E-state index is 0.0790. The van der Waals surface area contributed by atoms with E-state index in [2.05, 4.69) is 22.0 Å². The van der Waals surface area contributed by atoms with Gasteiger partial charge in [0.15, 0.2) is 0 Å². The molecule has 0 saturated carbocycles. The summed E-state index contributed by atoms with van der Waals surface area (Å²) in [6.45, 7) is 0.581. The van der Waals surface area contributed by atoms with Crippen LogP contribution in [-0.4, -0.2) is 26.5 Å². The number of aliphatic hydroxyl groups excluding tert-OH is 1. The molecule has 0 bridgehead atoms. The largest absolute Gasteiger partial charge is 0.395 e. The molecule has 0 saturated heterocycles. The van der Waals surface area contributed by atoms with Crippen molar-refractivity contribution in [2.45, 2.75) is 13.0 Å². The molecule has 0 fully saturated rings. The van der Waals surface area contributed by atoms with Gasteiger partial charge < -0.3 is 5.11 Å². The number of aliphatic hydroxyl groups is 1. The Morgan fingerprint density at radius 2 is 2.41 bits per heavy atom. The standard InChI is InChI=1S/C11H11N3O2S/c15-6-2-1-3-9-4-5-10(17-9)7-14-8-12-13-11(14)16/h4-5,8,15H,2,6-7H2,(H,13,16). The van der Waals surface area contributed by atoms with Gasteiger partial charge in [-0.3, -0.25) is 4.57 Å². The first-order valence-electron chi connectivity index (χ1n) is 5.08. The molecule has 2 aromatic rings. The van der Waals surface area contributed by atoms with E-state index < -0.39 is 0 Å². The van der Waals surface area contributed by atoms with Crippen molar-refractivity contribution < 1.29 is 5.11 Å². The zero-order chi connectivity index (χ0) is 12.1. The van der Waals surface area contributed by atoms with E-state index in [1.54, 1.807) is 0 Å². The summed E-state index contributed by atoms with van der Waals surface area (Å²) >= 11 is 1.53. The minimum Gasteiger partial charge on any atom is -0.395 e. The normalized spacial score (nSPS) is 9.94. The maximum atomic E-state index is 11.2.